The maximum Gasteiger partial charge on any atom is 0.245 e. The molecule has 1 N–H and O–H groups in total. The molecule has 0 unspecified atom stereocenters. The summed E-state index contributed by atoms with van der Waals surface area (Å²) in [5, 5.41) is 3.64. The van der Waals surface area contributed by atoms with E-state index in [1.54, 1.807) is 0 Å². The van der Waals surface area contributed by atoms with Crippen molar-refractivity contribution in [3.05, 3.63) is 56.5 Å². The van der Waals surface area contributed by atoms with Gasteiger partial charge in [-0.1, -0.05) is 46.4 Å². The Bertz CT molecular complexity index is 899. The van der Waals surface area contributed by atoms with Crippen molar-refractivity contribution in [3.63, 3.8) is 0 Å². The first kappa shape index (κ1) is 20.1. The molecule has 0 saturated heterocycles. The number of anilines is 2. The number of nitrogens with one attached hydrogen (secondary N) is 1. The molecular weight excluding hydrogens is 430 g/mol. The lowest BCUT2D eigenvalue weighted by molar-refractivity contribution is -0.114. The van der Waals surface area contributed by atoms with Crippen LogP contribution in [0.5, 0.6) is 0 Å². The molecule has 0 fully saturated rings. The number of rotatable bonds is 5. The first-order valence-electron chi connectivity index (χ1n) is 6.75. The Morgan fingerprint density at radius 2 is 1.60 bits per heavy atom. The van der Waals surface area contributed by atoms with Crippen LogP contribution in [0.25, 0.3) is 0 Å². The molecule has 0 aliphatic heterocycles. The van der Waals surface area contributed by atoms with Crippen molar-refractivity contribution < 1.29 is 13.2 Å². The van der Waals surface area contributed by atoms with Gasteiger partial charge in [0.15, 0.2) is 0 Å². The Kier molecular flexibility index (Phi) is 6.45. The van der Waals surface area contributed by atoms with Gasteiger partial charge in [0.25, 0.3) is 0 Å². The third-order valence-corrected chi connectivity index (χ3v) is 5.13. The molecule has 0 heterocycles. The van der Waals surface area contributed by atoms with Crippen molar-refractivity contribution in [2.45, 2.75) is 0 Å². The standard InChI is InChI=1S/C15H12Cl4N2O3S/c1-25(23,24)21(14-7-9(16)2-3-13(14)19)8-15(22)20-12-5-10(17)4-11(18)6-12/h2-7H,8H2,1H3,(H,20,22). The molecule has 2 aromatic rings. The van der Waals surface area contributed by atoms with Crippen LogP contribution in [0.4, 0.5) is 11.4 Å². The summed E-state index contributed by atoms with van der Waals surface area (Å²) in [5.41, 5.74) is 0.448. The van der Waals surface area contributed by atoms with Crippen molar-refractivity contribution >= 4 is 73.7 Å². The minimum atomic E-state index is -3.78. The Morgan fingerprint density at radius 1 is 1.00 bits per heavy atom. The maximum absolute atomic E-state index is 12.3. The Labute approximate surface area is 165 Å². The second kappa shape index (κ2) is 8.01. The highest BCUT2D eigenvalue weighted by atomic mass is 35.5. The minimum absolute atomic E-state index is 0.107. The van der Waals surface area contributed by atoms with Crippen molar-refractivity contribution in [2.24, 2.45) is 0 Å². The van der Waals surface area contributed by atoms with E-state index < -0.39 is 22.5 Å². The molecule has 0 spiro atoms. The van der Waals surface area contributed by atoms with Crippen LogP contribution in [0.2, 0.25) is 20.1 Å². The van der Waals surface area contributed by atoms with Gasteiger partial charge in [0.05, 0.1) is 17.0 Å². The van der Waals surface area contributed by atoms with Crippen LogP contribution < -0.4 is 9.62 Å². The van der Waals surface area contributed by atoms with E-state index in [2.05, 4.69) is 5.32 Å². The number of halogens is 4. The van der Waals surface area contributed by atoms with Crippen molar-refractivity contribution in [2.75, 3.05) is 22.4 Å². The molecule has 5 nitrogen and oxygen atoms in total. The third kappa shape index (κ3) is 5.66. The van der Waals surface area contributed by atoms with Gasteiger partial charge in [-0.2, -0.15) is 0 Å². The molecule has 134 valence electrons. The van der Waals surface area contributed by atoms with E-state index >= 15 is 0 Å². The number of carbonyl (C=O) groups excluding carboxylic acids is 1. The Hall–Kier alpha value is -1.18. The van der Waals surface area contributed by atoms with Crippen LogP contribution in [-0.4, -0.2) is 27.1 Å². The summed E-state index contributed by atoms with van der Waals surface area (Å²) < 4.78 is 25.1. The summed E-state index contributed by atoms with van der Waals surface area (Å²) in [5.74, 6) is -0.597. The summed E-state index contributed by atoms with van der Waals surface area (Å²) in [6, 6.07) is 8.82. The predicted octanol–water partition coefficient (Wildman–Crippen LogP) is 4.70. The van der Waals surface area contributed by atoms with Crippen LogP contribution >= 0.6 is 46.4 Å². The van der Waals surface area contributed by atoms with Gasteiger partial charge in [-0.3, -0.25) is 9.10 Å². The molecule has 0 aliphatic carbocycles. The van der Waals surface area contributed by atoms with Gasteiger partial charge >= 0.3 is 0 Å². The zero-order valence-corrected chi connectivity index (χ0v) is 16.6. The maximum atomic E-state index is 12.3. The SMILES string of the molecule is CS(=O)(=O)N(CC(=O)Nc1cc(Cl)cc(Cl)c1)c1cc(Cl)ccc1Cl. The number of nitrogens with zero attached hydrogens (tertiary/aromatic N) is 1. The van der Waals surface area contributed by atoms with Crippen LogP contribution in [0.3, 0.4) is 0 Å². The Morgan fingerprint density at radius 3 is 2.16 bits per heavy atom. The Balaban J connectivity index is 2.28. The average molecular weight is 442 g/mol. The topological polar surface area (TPSA) is 66.5 Å². The van der Waals surface area contributed by atoms with Gasteiger partial charge in [0.1, 0.15) is 6.54 Å². The first-order valence-corrected chi connectivity index (χ1v) is 10.1. The van der Waals surface area contributed by atoms with Crippen LogP contribution in [0.1, 0.15) is 0 Å². The first-order chi connectivity index (χ1) is 11.6. The number of hydrogen-bond donors (Lipinski definition) is 1. The van der Waals surface area contributed by atoms with E-state index in [0.29, 0.717) is 15.7 Å². The third-order valence-electron chi connectivity index (χ3n) is 3.01. The normalized spacial score (nSPS) is 11.2. The molecule has 2 rings (SSSR count). The number of carbonyl (C=O) groups is 1. The molecule has 0 aromatic heterocycles. The molecule has 1 amide bonds. The minimum Gasteiger partial charge on any atom is -0.324 e. The lowest BCUT2D eigenvalue weighted by Crippen LogP contribution is -2.37. The molecular formula is C15H12Cl4N2O3S. The second-order valence-electron chi connectivity index (χ2n) is 5.07. The van der Waals surface area contributed by atoms with Gasteiger partial charge in [0.2, 0.25) is 15.9 Å². The smallest absolute Gasteiger partial charge is 0.245 e. The van der Waals surface area contributed by atoms with Gasteiger partial charge < -0.3 is 5.32 Å². The lowest BCUT2D eigenvalue weighted by atomic mass is 10.3. The highest BCUT2D eigenvalue weighted by Crippen LogP contribution is 2.30. The van der Waals surface area contributed by atoms with E-state index in [1.165, 1.54) is 36.4 Å². The van der Waals surface area contributed by atoms with Gasteiger partial charge in [-0.25, -0.2) is 8.42 Å². The summed E-state index contributed by atoms with van der Waals surface area (Å²) in [6.45, 7) is -0.497. The van der Waals surface area contributed by atoms with E-state index in [0.717, 1.165) is 10.6 Å². The highest BCUT2D eigenvalue weighted by molar-refractivity contribution is 7.92. The molecule has 0 bridgehead atoms. The van der Waals surface area contributed by atoms with Crippen molar-refractivity contribution in [1.82, 2.24) is 0 Å². The molecule has 0 atom stereocenters. The van der Waals surface area contributed by atoms with Gasteiger partial charge in [0, 0.05) is 20.8 Å². The van der Waals surface area contributed by atoms with Crippen LogP contribution in [-0.2, 0) is 14.8 Å². The van der Waals surface area contributed by atoms with E-state index in [9.17, 15) is 13.2 Å². The molecule has 2 aromatic carbocycles. The lowest BCUT2D eigenvalue weighted by Gasteiger charge is -2.23. The van der Waals surface area contributed by atoms with Crippen molar-refractivity contribution in [3.8, 4) is 0 Å². The molecule has 25 heavy (non-hydrogen) atoms. The zero-order chi connectivity index (χ0) is 18.8. The monoisotopic (exact) mass is 440 g/mol. The molecule has 0 radical (unpaired) electrons. The predicted molar refractivity (Wildman–Crippen MR) is 104 cm³/mol. The zero-order valence-electron chi connectivity index (χ0n) is 12.8. The number of sulfonamides is 1. The fraction of sp³-hybridized carbons (Fsp3) is 0.133. The molecule has 0 saturated carbocycles. The quantitative estimate of drug-likeness (QED) is 0.730. The fourth-order valence-corrected chi connectivity index (χ4v) is 3.84. The second-order valence-corrected chi connectivity index (χ2v) is 8.69. The summed E-state index contributed by atoms with van der Waals surface area (Å²) >= 11 is 23.7. The molecule has 10 heteroatoms. The molecule has 0 aliphatic rings. The number of hydrogen-bond acceptors (Lipinski definition) is 3. The number of benzene rings is 2. The van der Waals surface area contributed by atoms with E-state index in [-0.39, 0.29) is 15.7 Å². The fourth-order valence-electron chi connectivity index (χ4n) is 2.01. The highest BCUT2D eigenvalue weighted by Gasteiger charge is 2.23. The summed E-state index contributed by atoms with van der Waals surface area (Å²) in [6.07, 6.45) is 0.966. The largest absolute Gasteiger partial charge is 0.324 e. The van der Waals surface area contributed by atoms with Crippen LogP contribution in [0, 0.1) is 0 Å². The van der Waals surface area contributed by atoms with Crippen LogP contribution in [0.15, 0.2) is 36.4 Å². The van der Waals surface area contributed by atoms with Crippen molar-refractivity contribution in [1.29, 1.82) is 0 Å². The van der Waals surface area contributed by atoms with Gasteiger partial charge in [-0.15, -0.1) is 0 Å². The number of amides is 1. The van der Waals surface area contributed by atoms with Gasteiger partial charge in [-0.05, 0) is 36.4 Å². The average Bonchev–Trinajstić information content (AvgIpc) is 2.45. The summed E-state index contributed by atoms with van der Waals surface area (Å²) in [4.78, 5) is 12.3. The summed E-state index contributed by atoms with van der Waals surface area (Å²) in [7, 11) is -3.78. The van der Waals surface area contributed by atoms with E-state index in [4.69, 9.17) is 46.4 Å². The van der Waals surface area contributed by atoms with E-state index in [1.807, 2.05) is 0 Å².